The van der Waals surface area contributed by atoms with Crippen LogP contribution in [0, 0.1) is 0 Å². The topological polar surface area (TPSA) is 91.3 Å². The van der Waals surface area contributed by atoms with Crippen molar-refractivity contribution in [3.8, 4) is 23.0 Å². The van der Waals surface area contributed by atoms with Crippen molar-refractivity contribution in [1.82, 2.24) is 14.8 Å². The lowest BCUT2D eigenvalue weighted by Gasteiger charge is -2.36. The van der Waals surface area contributed by atoms with E-state index in [1.54, 1.807) is 26.5 Å². The van der Waals surface area contributed by atoms with Gasteiger partial charge in [0.25, 0.3) is 5.91 Å². The fourth-order valence-corrected chi connectivity index (χ4v) is 7.01. The number of carbonyl (C=O) groups is 1. The molecule has 0 spiro atoms. The average molecular weight is 646 g/mol. The van der Waals surface area contributed by atoms with Crippen molar-refractivity contribution in [3.63, 3.8) is 0 Å². The van der Waals surface area contributed by atoms with Gasteiger partial charge >= 0.3 is 0 Å². The fourth-order valence-electron chi connectivity index (χ4n) is 6.67. The molecule has 6 rings (SSSR count). The Hall–Kier alpha value is -4.21. The number of nitrogens with one attached hydrogen (secondary N) is 1. The molecular formula is C36H40ClN3O6. The van der Waals surface area contributed by atoms with Gasteiger partial charge in [0.1, 0.15) is 30.3 Å². The van der Waals surface area contributed by atoms with Crippen LogP contribution in [0.5, 0.6) is 23.0 Å². The van der Waals surface area contributed by atoms with Gasteiger partial charge in [0.2, 0.25) is 5.43 Å². The van der Waals surface area contributed by atoms with Gasteiger partial charge in [-0.05, 0) is 75.0 Å². The zero-order chi connectivity index (χ0) is 32.4. The van der Waals surface area contributed by atoms with Crippen molar-refractivity contribution in [1.29, 1.82) is 0 Å². The Labute approximate surface area is 274 Å². The quantitative estimate of drug-likeness (QED) is 0.208. The number of piperidine rings is 1. The predicted octanol–water partition coefficient (Wildman–Crippen LogP) is 6.21. The van der Waals surface area contributed by atoms with Crippen LogP contribution < -0.4 is 29.7 Å². The Morgan fingerprint density at radius 1 is 0.913 bits per heavy atom. The van der Waals surface area contributed by atoms with Gasteiger partial charge in [-0.2, -0.15) is 0 Å². The number of nitrogens with zero attached hydrogens (tertiary/aromatic N) is 2. The second kappa shape index (κ2) is 13.6. The molecule has 2 saturated heterocycles. The summed E-state index contributed by atoms with van der Waals surface area (Å²) in [7, 11) is 5.40. The van der Waals surface area contributed by atoms with Gasteiger partial charge in [-0.15, -0.1) is 0 Å². The number of aromatic nitrogens is 1. The number of amides is 1. The molecule has 46 heavy (non-hydrogen) atoms. The number of hydrogen-bond donors (Lipinski definition) is 1. The minimum Gasteiger partial charge on any atom is -0.497 e. The number of benzene rings is 3. The highest BCUT2D eigenvalue weighted by atomic mass is 35.5. The van der Waals surface area contributed by atoms with E-state index in [4.69, 9.17) is 30.5 Å². The van der Waals surface area contributed by atoms with Crippen molar-refractivity contribution in [2.24, 2.45) is 0 Å². The number of pyridine rings is 1. The number of hydrogen-bond acceptors (Lipinski definition) is 7. The number of fused-ring (bicyclic) bond motifs is 3. The summed E-state index contributed by atoms with van der Waals surface area (Å²) < 4.78 is 25.0. The summed E-state index contributed by atoms with van der Waals surface area (Å²) in [5.74, 6) is 1.73. The van der Waals surface area contributed by atoms with E-state index in [0.717, 1.165) is 48.3 Å². The van der Waals surface area contributed by atoms with Gasteiger partial charge in [-0.3, -0.25) is 9.59 Å². The Morgan fingerprint density at radius 2 is 1.48 bits per heavy atom. The molecule has 1 N–H and O–H groups in total. The Bertz CT molecular complexity index is 1760. The predicted molar refractivity (Wildman–Crippen MR) is 179 cm³/mol. The molecule has 0 unspecified atom stereocenters. The van der Waals surface area contributed by atoms with E-state index in [1.807, 2.05) is 60.0 Å². The Kier molecular flexibility index (Phi) is 9.42. The summed E-state index contributed by atoms with van der Waals surface area (Å²) in [4.78, 5) is 30.1. The molecular weight excluding hydrogens is 606 g/mol. The monoisotopic (exact) mass is 645 g/mol. The lowest BCUT2D eigenvalue weighted by molar-refractivity contribution is 0.0881. The van der Waals surface area contributed by atoms with Crippen LogP contribution in [-0.2, 0) is 19.8 Å². The first-order chi connectivity index (χ1) is 22.3. The Morgan fingerprint density at radius 3 is 2.02 bits per heavy atom. The van der Waals surface area contributed by atoms with Crippen LogP contribution >= 0.6 is 11.6 Å². The lowest BCUT2D eigenvalue weighted by atomic mass is 9.97. The van der Waals surface area contributed by atoms with Gasteiger partial charge < -0.3 is 33.7 Å². The van der Waals surface area contributed by atoms with Crippen LogP contribution in [0.4, 0.5) is 0 Å². The third-order valence-electron chi connectivity index (χ3n) is 9.35. The van der Waals surface area contributed by atoms with E-state index >= 15 is 0 Å². The van der Waals surface area contributed by atoms with Crippen molar-refractivity contribution < 1.29 is 23.7 Å². The Balaban J connectivity index is 1.35. The molecule has 242 valence electrons. The third kappa shape index (κ3) is 6.39. The summed E-state index contributed by atoms with van der Waals surface area (Å²) in [5, 5.41) is 3.49. The van der Waals surface area contributed by atoms with Gasteiger partial charge in [-0.1, -0.05) is 35.9 Å². The molecule has 3 aromatic carbocycles. The molecule has 4 aromatic rings. The maximum absolute atomic E-state index is 14.1. The van der Waals surface area contributed by atoms with Crippen molar-refractivity contribution in [2.75, 3.05) is 21.3 Å². The molecule has 3 atom stereocenters. The van der Waals surface area contributed by atoms with E-state index in [0.29, 0.717) is 29.9 Å². The number of halogens is 1. The molecule has 10 heteroatoms. The standard InChI is InChI=1S/C36H40ClN3O6/c1-5-40-19-29(36(42)38-24-16-25-10-11-26(17-24)39(25)2)34(41)32-30(40)18-31(45-20-22-6-12-27(43-3)13-7-22)35(33(32)37)46-21-23-8-14-28(44-4)15-9-23/h6-9,12-15,18-19,24-26H,5,10-11,16-17,20-21H2,1-4H3,(H,38,42)/t24-,25+,26-. The number of carbonyl (C=O) groups excluding carboxylic acids is 1. The molecule has 2 aliphatic heterocycles. The fraction of sp³-hybridized carbons (Fsp3) is 0.389. The normalized spacial score (nSPS) is 19.2. The number of methoxy groups -OCH3 is 2. The van der Waals surface area contributed by atoms with Crippen molar-refractivity contribution in [3.05, 3.63) is 92.7 Å². The second-order valence-corrected chi connectivity index (χ2v) is 12.4. The van der Waals surface area contributed by atoms with Gasteiger partial charge in [0.15, 0.2) is 11.5 Å². The van der Waals surface area contributed by atoms with Gasteiger partial charge in [0, 0.05) is 36.9 Å². The maximum Gasteiger partial charge on any atom is 0.256 e. The zero-order valence-corrected chi connectivity index (χ0v) is 27.4. The van der Waals surface area contributed by atoms with Crippen LogP contribution in [0.3, 0.4) is 0 Å². The molecule has 9 nitrogen and oxygen atoms in total. The molecule has 0 aliphatic carbocycles. The maximum atomic E-state index is 14.1. The first kappa shape index (κ1) is 31.8. The molecule has 2 fully saturated rings. The summed E-state index contributed by atoms with van der Waals surface area (Å²) >= 11 is 7.06. The molecule has 0 radical (unpaired) electrons. The van der Waals surface area contributed by atoms with Crippen molar-refractivity contribution >= 4 is 28.4 Å². The molecule has 0 saturated carbocycles. The molecule has 2 bridgehead atoms. The summed E-state index contributed by atoms with van der Waals surface area (Å²) in [6.07, 6.45) is 5.68. The minimum absolute atomic E-state index is 0.0268. The summed E-state index contributed by atoms with van der Waals surface area (Å²) in [5.41, 5.74) is 1.99. The largest absolute Gasteiger partial charge is 0.497 e. The second-order valence-electron chi connectivity index (χ2n) is 12.0. The number of rotatable bonds is 11. The molecule has 1 amide bonds. The van der Waals surface area contributed by atoms with E-state index < -0.39 is 5.43 Å². The smallest absolute Gasteiger partial charge is 0.256 e. The highest BCUT2D eigenvalue weighted by Gasteiger charge is 2.39. The van der Waals surface area contributed by atoms with Crippen LogP contribution in [0.25, 0.3) is 10.9 Å². The zero-order valence-electron chi connectivity index (χ0n) is 26.7. The lowest BCUT2D eigenvalue weighted by Crippen LogP contribution is -2.49. The van der Waals surface area contributed by atoms with E-state index in [2.05, 4.69) is 17.3 Å². The molecule has 2 aliphatic rings. The summed E-state index contributed by atoms with van der Waals surface area (Å²) in [6.45, 7) is 2.88. The third-order valence-corrected chi connectivity index (χ3v) is 9.71. The molecule has 3 heterocycles. The van der Waals surface area contributed by atoms with Crippen molar-refractivity contribution in [2.45, 2.75) is 70.5 Å². The van der Waals surface area contributed by atoms with E-state index in [9.17, 15) is 9.59 Å². The SMILES string of the molecule is CCn1cc(C(=O)N[C@H]2C[C@H]3CC[C@@H](C2)N3C)c(=O)c2c(Cl)c(OCc3ccc(OC)cc3)c(OCc3ccc(OC)cc3)cc21. The van der Waals surface area contributed by atoms with E-state index in [1.165, 1.54) is 0 Å². The van der Waals surface area contributed by atoms with Gasteiger partial charge in [0.05, 0.1) is 30.1 Å². The minimum atomic E-state index is -0.436. The van der Waals surface area contributed by atoms with Crippen LogP contribution in [0.1, 0.15) is 54.1 Å². The van der Waals surface area contributed by atoms with Gasteiger partial charge in [-0.25, -0.2) is 0 Å². The number of aryl methyl sites for hydroxylation is 1. The van der Waals surface area contributed by atoms with E-state index in [-0.39, 0.29) is 46.9 Å². The average Bonchev–Trinajstić information content (AvgIpc) is 3.26. The van der Waals surface area contributed by atoms with Crippen LogP contribution in [0.2, 0.25) is 5.02 Å². The highest BCUT2D eigenvalue weighted by Crippen LogP contribution is 2.41. The van der Waals surface area contributed by atoms with Crippen LogP contribution in [-0.4, -0.2) is 54.8 Å². The first-order valence-electron chi connectivity index (χ1n) is 15.7. The molecule has 1 aromatic heterocycles. The summed E-state index contributed by atoms with van der Waals surface area (Å²) in [6, 6.07) is 17.8. The highest BCUT2D eigenvalue weighted by molar-refractivity contribution is 6.37. The first-order valence-corrected chi connectivity index (χ1v) is 16.1. The number of ether oxygens (including phenoxy) is 4. The van der Waals surface area contributed by atoms with Crippen LogP contribution in [0.15, 0.2) is 65.6 Å².